The second kappa shape index (κ2) is 9.15. The average Bonchev–Trinajstić information content (AvgIpc) is 2.59. The first-order valence-corrected chi connectivity index (χ1v) is 8.04. The number of hydrazine groups is 1. The topological polar surface area (TPSA) is 76.7 Å². The first-order valence-electron chi connectivity index (χ1n) is 7.29. The lowest BCUT2D eigenvalue weighted by Gasteiger charge is -2.10. The first-order chi connectivity index (χ1) is 11.9. The summed E-state index contributed by atoms with van der Waals surface area (Å²) >= 11 is 11.7. The minimum absolute atomic E-state index is 0.253. The summed E-state index contributed by atoms with van der Waals surface area (Å²) < 4.78 is 10.6. The van der Waals surface area contributed by atoms with Gasteiger partial charge in [-0.25, -0.2) is 0 Å². The van der Waals surface area contributed by atoms with Gasteiger partial charge in [0.25, 0.3) is 11.8 Å². The number of amides is 2. The summed E-state index contributed by atoms with van der Waals surface area (Å²) in [4.78, 5) is 23.3. The molecule has 0 aliphatic heterocycles. The molecular weight excluding hydrogens is 367 g/mol. The molecule has 2 amide bonds. The third-order valence-corrected chi connectivity index (χ3v) is 3.67. The number of carbonyl (C=O) groups is 2. The quantitative estimate of drug-likeness (QED) is 0.753. The van der Waals surface area contributed by atoms with Crippen LogP contribution < -0.4 is 20.3 Å². The van der Waals surface area contributed by atoms with Crippen molar-refractivity contribution in [3.05, 3.63) is 58.1 Å². The highest BCUT2D eigenvalue weighted by Gasteiger charge is 2.07. The lowest BCUT2D eigenvalue weighted by Crippen LogP contribution is -2.45. The fourth-order valence-electron chi connectivity index (χ4n) is 1.77. The molecule has 0 fully saturated rings. The van der Waals surface area contributed by atoms with Gasteiger partial charge in [0.1, 0.15) is 11.5 Å². The normalized spacial score (nSPS) is 10.0. The van der Waals surface area contributed by atoms with Crippen LogP contribution in [0.3, 0.4) is 0 Å². The van der Waals surface area contributed by atoms with Crippen molar-refractivity contribution in [1.82, 2.24) is 10.9 Å². The first kappa shape index (κ1) is 18.9. The van der Waals surface area contributed by atoms with Gasteiger partial charge in [0.15, 0.2) is 13.2 Å². The number of halogens is 2. The van der Waals surface area contributed by atoms with Crippen LogP contribution in [-0.2, 0) is 9.59 Å². The molecule has 0 radical (unpaired) electrons. The van der Waals surface area contributed by atoms with Crippen molar-refractivity contribution in [2.24, 2.45) is 0 Å². The molecule has 0 aliphatic rings. The molecule has 2 N–H and O–H groups in total. The van der Waals surface area contributed by atoms with Gasteiger partial charge in [0, 0.05) is 10.0 Å². The van der Waals surface area contributed by atoms with E-state index in [0.717, 1.165) is 5.56 Å². The molecule has 132 valence electrons. The van der Waals surface area contributed by atoms with Gasteiger partial charge < -0.3 is 9.47 Å². The smallest absolute Gasteiger partial charge is 0.276 e. The highest BCUT2D eigenvalue weighted by atomic mass is 35.5. The Kier molecular flexibility index (Phi) is 6.91. The maximum atomic E-state index is 11.7. The fraction of sp³-hybridized carbons (Fsp3) is 0.176. The Morgan fingerprint density at radius 2 is 1.52 bits per heavy atom. The van der Waals surface area contributed by atoms with Crippen LogP contribution in [-0.4, -0.2) is 25.0 Å². The van der Waals surface area contributed by atoms with Crippen LogP contribution in [0.1, 0.15) is 5.56 Å². The number of carbonyl (C=O) groups excluding carboxylic acids is 2. The zero-order valence-electron chi connectivity index (χ0n) is 13.3. The Hall–Kier alpha value is -2.44. The van der Waals surface area contributed by atoms with Crippen molar-refractivity contribution in [2.75, 3.05) is 13.2 Å². The van der Waals surface area contributed by atoms with E-state index in [4.69, 9.17) is 32.7 Å². The van der Waals surface area contributed by atoms with Gasteiger partial charge >= 0.3 is 0 Å². The standard InChI is InChI=1S/C17H16Cl2N2O4/c1-11-7-14(5-6-15(11)19)25-10-17(23)21-20-16(22)9-24-13-4-2-3-12(18)8-13/h2-8H,9-10H2,1H3,(H,20,22)(H,21,23). The lowest BCUT2D eigenvalue weighted by molar-refractivity contribution is -0.131. The van der Waals surface area contributed by atoms with Crippen molar-refractivity contribution in [2.45, 2.75) is 6.92 Å². The van der Waals surface area contributed by atoms with Gasteiger partial charge in [0.05, 0.1) is 0 Å². The average molecular weight is 383 g/mol. The van der Waals surface area contributed by atoms with E-state index in [2.05, 4.69) is 10.9 Å². The number of aryl methyl sites for hydroxylation is 1. The number of benzene rings is 2. The molecule has 2 aromatic carbocycles. The fourth-order valence-corrected chi connectivity index (χ4v) is 2.07. The second-order valence-electron chi connectivity index (χ2n) is 5.04. The largest absolute Gasteiger partial charge is 0.484 e. The van der Waals surface area contributed by atoms with Crippen LogP contribution in [0.15, 0.2) is 42.5 Å². The van der Waals surface area contributed by atoms with Crippen LogP contribution >= 0.6 is 23.2 Å². The Bertz CT molecular complexity index is 768. The molecule has 8 heteroatoms. The van der Waals surface area contributed by atoms with Crippen molar-refractivity contribution in [1.29, 1.82) is 0 Å². The Morgan fingerprint density at radius 3 is 2.08 bits per heavy atom. The summed E-state index contributed by atoms with van der Waals surface area (Å²) in [5, 5.41) is 1.12. The van der Waals surface area contributed by atoms with E-state index in [9.17, 15) is 9.59 Å². The molecule has 0 saturated carbocycles. The van der Waals surface area contributed by atoms with Gasteiger partial charge in [-0.15, -0.1) is 0 Å². The molecule has 0 atom stereocenters. The van der Waals surface area contributed by atoms with Crippen molar-refractivity contribution >= 4 is 35.0 Å². The SMILES string of the molecule is Cc1cc(OCC(=O)NNC(=O)COc2cccc(Cl)c2)ccc1Cl. The Morgan fingerprint density at radius 1 is 0.920 bits per heavy atom. The van der Waals surface area contributed by atoms with E-state index in [-0.39, 0.29) is 13.2 Å². The molecular formula is C17H16Cl2N2O4. The number of ether oxygens (including phenoxy) is 2. The van der Waals surface area contributed by atoms with Gasteiger partial charge in [-0.3, -0.25) is 20.4 Å². The second-order valence-corrected chi connectivity index (χ2v) is 5.89. The van der Waals surface area contributed by atoms with Gasteiger partial charge in [0.2, 0.25) is 0 Å². The predicted molar refractivity (Wildman–Crippen MR) is 94.9 cm³/mol. The summed E-state index contributed by atoms with van der Waals surface area (Å²) in [6.45, 7) is 1.31. The van der Waals surface area contributed by atoms with E-state index in [1.807, 2.05) is 6.92 Å². The maximum absolute atomic E-state index is 11.7. The van der Waals surface area contributed by atoms with Crippen LogP contribution in [0.2, 0.25) is 10.0 Å². The van der Waals surface area contributed by atoms with Gasteiger partial charge in [-0.2, -0.15) is 0 Å². The van der Waals surface area contributed by atoms with E-state index in [1.165, 1.54) is 0 Å². The van der Waals surface area contributed by atoms with Crippen molar-refractivity contribution in [3.8, 4) is 11.5 Å². The van der Waals surface area contributed by atoms with Crippen LogP contribution in [0.5, 0.6) is 11.5 Å². The number of rotatable bonds is 6. The minimum Gasteiger partial charge on any atom is -0.484 e. The highest BCUT2D eigenvalue weighted by molar-refractivity contribution is 6.31. The van der Waals surface area contributed by atoms with Crippen LogP contribution in [0.4, 0.5) is 0 Å². The number of hydrogen-bond donors (Lipinski definition) is 2. The molecule has 0 saturated heterocycles. The monoisotopic (exact) mass is 382 g/mol. The summed E-state index contributed by atoms with van der Waals surface area (Å²) in [6.07, 6.45) is 0. The molecule has 6 nitrogen and oxygen atoms in total. The van der Waals surface area contributed by atoms with Crippen molar-refractivity contribution in [3.63, 3.8) is 0 Å². The minimum atomic E-state index is -0.518. The maximum Gasteiger partial charge on any atom is 0.276 e. The Labute approximate surface area is 155 Å². The zero-order valence-corrected chi connectivity index (χ0v) is 14.9. The van der Waals surface area contributed by atoms with E-state index < -0.39 is 11.8 Å². The predicted octanol–water partition coefficient (Wildman–Crippen LogP) is 2.91. The molecule has 0 spiro atoms. The van der Waals surface area contributed by atoms with E-state index >= 15 is 0 Å². The molecule has 0 aliphatic carbocycles. The molecule has 2 rings (SSSR count). The lowest BCUT2D eigenvalue weighted by atomic mass is 10.2. The van der Waals surface area contributed by atoms with Crippen LogP contribution in [0.25, 0.3) is 0 Å². The zero-order chi connectivity index (χ0) is 18.2. The highest BCUT2D eigenvalue weighted by Crippen LogP contribution is 2.20. The van der Waals surface area contributed by atoms with Gasteiger partial charge in [-0.05, 0) is 48.9 Å². The molecule has 0 bridgehead atoms. The third-order valence-electron chi connectivity index (χ3n) is 3.01. The van der Waals surface area contributed by atoms with Gasteiger partial charge in [-0.1, -0.05) is 29.3 Å². The van der Waals surface area contributed by atoms with Crippen LogP contribution in [0, 0.1) is 6.92 Å². The molecule has 0 heterocycles. The molecule has 25 heavy (non-hydrogen) atoms. The number of hydrogen-bond acceptors (Lipinski definition) is 4. The molecule has 2 aromatic rings. The van der Waals surface area contributed by atoms with E-state index in [0.29, 0.717) is 21.5 Å². The summed E-state index contributed by atoms with van der Waals surface area (Å²) in [5.41, 5.74) is 5.30. The Balaban J connectivity index is 1.68. The summed E-state index contributed by atoms with van der Waals surface area (Å²) in [5.74, 6) is -0.0672. The van der Waals surface area contributed by atoms with Crippen molar-refractivity contribution < 1.29 is 19.1 Å². The summed E-state index contributed by atoms with van der Waals surface area (Å²) in [7, 11) is 0. The van der Waals surface area contributed by atoms with E-state index in [1.54, 1.807) is 42.5 Å². The molecule has 0 aromatic heterocycles. The summed E-state index contributed by atoms with van der Waals surface area (Å²) in [6, 6.07) is 11.7. The molecule has 0 unspecified atom stereocenters. The number of nitrogens with one attached hydrogen (secondary N) is 2. The third kappa shape index (κ3) is 6.52.